The number of carbonyl (C=O) groups excluding carboxylic acids is 2. The minimum absolute atomic E-state index is 0.310. The zero-order valence-corrected chi connectivity index (χ0v) is 17.9. The summed E-state index contributed by atoms with van der Waals surface area (Å²) in [5, 5.41) is 8.37. The van der Waals surface area contributed by atoms with Crippen molar-refractivity contribution in [2.75, 3.05) is 19.0 Å². The van der Waals surface area contributed by atoms with Crippen LogP contribution in [0.4, 0.5) is 10.5 Å². The van der Waals surface area contributed by atoms with Gasteiger partial charge in [0.15, 0.2) is 11.5 Å². The summed E-state index contributed by atoms with van der Waals surface area (Å²) < 4.78 is 11.9. The summed E-state index contributed by atoms with van der Waals surface area (Å²) >= 11 is 3.37. The molecule has 1 aliphatic rings. The summed E-state index contributed by atoms with van der Waals surface area (Å²) in [6, 6.07) is 11.6. The van der Waals surface area contributed by atoms with Crippen molar-refractivity contribution in [3.63, 3.8) is 0 Å². The number of urea groups is 1. The van der Waals surface area contributed by atoms with Gasteiger partial charge in [-0.25, -0.2) is 4.79 Å². The van der Waals surface area contributed by atoms with E-state index in [1.807, 2.05) is 25.1 Å². The molecule has 0 saturated carbocycles. The molecule has 29 heavy (non-hydrogen) atoms. The van der Waals surface area contributed by atoms with Gasteiger partial charge >= 0.3 is 6.03 Å². The van der Waals surface area contributed by atoms with Crippen molar-refractivity contribution >= 4 is 33.6 Å². The number of anilines is 1. The van der Waals surface area contributed by atoms with E-state index in [0.29, 0.717) is 40.6 Å². The molecule has 3 amide bonds. The third-order valence-corrected chi connectivity index (χ3v) is 4.97. The minimum Gasteiger partial charge on any atom is -0.493 e. The molecule has 1 heterocycles. The monoisotopic (exact) mass is 459 g/mol. The van der Waals surface area contributed by atoms with Crippen molar-refractivity contribution in [3.05, 3.63) is 63.8 Å². The Kier molecular flexibility index (Phi) is 6.43. The van der Waals surface area contributed by atoms with Crippen LogP contribution >= 0.6 is 15.9 Å². The fourth-order valence-electron chi connectivity index (χ4n) is 3.12. The summed E-state index contributed by atoms with van der Waals surface area (Å²) in [4.78, 5) is 25.1. The molecule has 0 radical (unpaired) electrons. The first-order chi connectivity index (χ1) is 13.9. The van der Waals surface area contributed by atoms with E-state index < -0.39 is 6.04 Å². The number of ether oxygens (including phenoxy) is 2. The number of rotatable bonds is 6. The number of carbonyl (C=O) groups is 2. The maximum Gasteiger partial charge on any atom is 0.319 e. The van der Waals surface area contributed by atoms with Crippen LogP contribution in [0.1, 0.15) is 25.5 Å². The highest BCUT2D eigenvalue weighted by atomic mass is 79.9. The summed E-state index contributed by atoms with van der Waals surface area (Å²) in [5.41, 5.74) is 2.26. The van der Waals surface area contributed by atoms with Crippen LogP contribution in [0.15, 0.2) is 58.2 Å². The van der Waals surface area contributed by atoms with Gasteiger partial charge in [-0.05, 0) is 55.8 Å². The average molecular weight is 460 g/mol. The Morgan fingerprint density at radius 2 is 1.90 bits per heavy atom. The Balaban J connectivity index is 1.95. The normalized spacial score (nSPS) is 16.0. The van der Waals surface area contributed by atoms with Crippen molar-refractivity contribution < 1.29 is 19.1 Å². The fraction of sp³-hybridized carbons (Fsp3) is 0.238. The number of allylic oxidation sites excluding steroid dienone is 1. The first-order valence-electron chi connectivity index (χ1n) is 9.08. The largest absolute Gasteiger partial charge is 0.493 e. The van der Waals surface area contributed by atoms with Gasteiger partial charge in [0.25, 0.3) is 5.91 Å². The lowest BCUT2D eigenvalue weighted by molar-refractivity contribution is -0.113. The lowest BCUT2D eigenvalue weighted by Gasteiger charge is -2.29. The molecular weight excluding hydrogens is 438 g/mol. The molecule has 3 rings (SSSR count). The second-order valence-corrected chi connectivity index (χ2v) is 7.29. The molecule has 0 spiro atoms. The van der Waals surface area contributed by atoms with Crippen LogP contribution in [0.2, 0.25) is 0 Å². The Hall–Kier alpha value is -3.00. The van der Waals surface area contributed by atoms with Gasteiger partial charge in [-0.15, -0.1) is 0 Å². The van der Waals surface area contributed by atoms with E-state index in [9.17, 15) is 9.59 Å². The van der Waals surface area contributed by atoms with Gasteiger partial charge in [-0.2, -0.15) is 0 Å². The van der Waals surface area contributed by atoms with Crippen LogP contribution in [0.25, 0.3) is 0 Å². The summed E-state index contributed by atoms with van der Waals surface area (Å²) in [6.45, 7) is 4.09. The molecule has 0 unspecified atom stereocenters. The summed E-state index contributed by atoms with van der Waals surface area (Å²) in [6.07, 6.45) is 0. The second kappa shape index (κ2) is 9.00. The van der Waals surface area contributed by atoms with Crippen molar-refractivity contribution in [1.82, 2.24) is 10.6 Å². The molecule has 0 fully saturated rings. The minimum atomic E-state index is -0.635. The third-order valence-electron chi connectivity index (χ3n) is 4.44. The average Bonchev–Trinajstić information content (AvgIpc) is 2.69. The van der Waals surface area contributed by atoms with E-state index in [-0.39, 0.29) is 11.9 Å². The van der Waals surface area contributed by atoms with E-state index >= 15 is 0 Å². The fourth-order valence-corrected chi connectivity index (χ4v) is 3.38. The van der Waals surface area contributed by atoms with Crippen LogP contribution in [0.3, 0.4) is 0 Å². The molecule has 1 aliphatic heterocycles. The predicted molar refractivity (Wildman–Crippen MR) is 114 cm³/mol. The van der Waals surface area contributed by atoms with Gasteiger partial charge in [0.1, 0.15) is 0 Å². The zero-order chi connectivity index (χ0) is 21.0. The molecule has 2 aromatic carbocycles. The quantitative estimate of drug-likeness (QED) is 0.605. The topological polar surface area (TPSA) is 88.7 Å². The van der Waals surface area contributed by atoms with Gasteiger partial charge in [0, 0.05) is 15.9 Å². The van der Waals surface area contributed by atoms with Crippen molar-refractivity contribution in [1.29, 1.82) is 0 Å². The molecule has 7 nitrogen and oxygen atoms in total. The number of hydrogen-bond donors (Lipinski definition) is 3. The van der Waals surface area contributed by atoms with Crippen molar-refractivity contribution in [2.45, 2.75) is 19.9 Å². The molecule has 8 heteroatoms. The highest BCUT2D eigenvalue weighted by Gasteiger charge is 2.31. The van der Waals surface area contributed by atoms with Crippen molar-refractivity contribution in [2.24, 2.45) is 0 Å². The Morgan fingerprint density at radius 1 is 1.17 bits per heavy atom. The molecule has 0 aliphatic carbocycles. The van der Waals surface area contributed by atoms with E-state index in [0.717, 1.165) is 4.47 Å². The van der Waals surface area contributed by atoms with Crippen LogP contribution in [-0.4, -0.2) is 25.7 Å². The van der Waals surface area contributed by atoms with Crippen LogP contribution in [-0.2, 0) is 4.79 Å². The van der Waals surface area contributed by atoms with E-state index in [1.165, 1.54) is 0 Å². The van der Waals surface area contributed by atoms with Crippen LogP contribution in [0, 0.1) is 0 Å². The molecule has 152 valence electrons. The first kappa shape index (κ1) is 20.7. The van der Waals surface area contributed by atoms with Gasteiger partial charge < -0.3 is 25.4 Å². The maximum absolute atomic E-state index is 13.0. The molecule has 0 bridgehead atoms. The lowest BCUT2D eigenvalue weighted by atomic mass is 9.94. The number of benzene rings is 2. The van der Waals surface area contributed by atoms with Gasteiger partial charge in [0.2, 0.25) is 0 Å². The standard InChI is InChI=1S/C21H22BrN3O4/c1-4-29-16-10-5-13(11-17(16)28-3)19-18(12(2)23-21(27)25-19)20(26)24-15-8-6-14(22)7-9-15/h5-11,19H,4H2,1-3H3,(H,24,26)(H2,23,25,27)/t19-/m1/s1. The summed E-state index contributed by atoms with van der Waals surface area (Å²) in [7, 11) is 1.55. The number of methoxy groups -OCH3 is 1. The van der Waals surface area contributed by atoms with Crippen LogP contribution in [0.5, 0.6) is 11.5 Å². The molecule has 2 aromatic rings. The van der Waals surface area contributed by atoms with E-state index in [4.69, 9.17) is 9.47 Å². The smallest absolute Gasteiger partial charge is 0.319 e. The zero-order valence-electron chi connectivity index (χ0n) is 16.3. The molecule has 0 aromatic heterocycles. The predicted octanol–water partition coefficient (Wildman–Crippen LogP) is 4.12. The number of nitrogens with one attached hydrogen (secondary N) is 3. The first-order valence-corrected chi connectivity index (χ1v) is 9.88. The summed E-state index contributed by atoms with van der Waals surface area (Å²) in [5.74, 6) is 0.818. The van der Waals surface area contributed by atoms with Gasteiger partial charge in [-0.3, -0.25) is 4.79 Å². The highest BCUT2D eigenvalue weighted by molar-refractivity contribution is 9.10. The molecule has 1 atom stereocenters. The second-order valence-electron chi connectivity index (χ2n) is 6.37. The van der Waals surface area contributed by atoms with Crippen LogP contribution < -0.4 is 25.4 Å². The number of halogens is 1. The molecule has 3 N–H and O–H groups in total. The Morgan fingerprint density at radius 3 is 2.55 bits per heavy atom. The number of hydrogen-bond acceptors (Lipinski definition) is 4. The Labute approximate surface area is 177 Å². The molecular formula is C21H22BrN3O4. The van der Waals surface area contributed by atoms with E-state index in [1.54, 1.807) is 38.3 Å². The third kappa shape index (κ3) is 4.71. The molecule has 0 saturated heterocycles. The Bertz CT molecular complexity index is 957. The lowest BCUT2D eigenvalue weighted by Crippen LogP contribution is -2.45. The SMILES string of the molecule is CCOc1ccc([C@H]2NC(=O)NC(C)=C2C(=O)Nc2ccc(Br)cc2)cc1OC. The number of amides is 3. The van der Waals surface area contributed by atoms with Gasteiger partial charge in [0.05, 0.1) is 25.3 Å². The van der Waals surface area contributed by atoms with Gasteiger partial charge in [-0.1, -0.05) is 22.0 Å². The van der Waals surface area contributed by atoms with Crippen molar-refractivity contribution in [3.8, 4) is 11.5 Å². The highest BCUT2D eigenvalue weighted by Crippen LogP contribution is 2.34. The van der Waals surface area contributed by atoms with E-state index in [2.05, 4.69) is 31.9 Å². The maximum atomic E-state index is 13.0.